The first kappa shape index (κ1) is 21.8. The molecule has 1 amide bonds. The average molecular weight is 426 g/mol. The Morgan fingerprint density at radius 1 is 1.13 bits per heavy atom. The summed E-state index contributed by atoms with van der Waals surface area (Å²) in [7, 11) is 3.23. The van der Waals surface area contributed by atoms with Gasteiger partial charge < -0.3 is 14.8 Å². The maximum absolute atomic E-state index is 12.6. The zero-order valence-electron chi connectivity index (χ0n) is 17.9. The molecule has 0 bridgehead atoms. The summed E-state index contributed by atoms with van der Waals surface area (Å²) in [5, 5.41) is 7.69. The Morgan fingerprint density at radius 2 is 1.87 bits per heavy atom. The summed E-state index contributed by atoms with van der Waals surface area (Å²) in [6.45, 7) is 5.93. The number of hydrogen-bond donors (Lipinski definition) is 1. The standard InChI is InChI=1S/C23H27N3O3S/c1-15(20-13-19(28-4)11-12-21(20)29-5)24-22(27)14-30-23-16(2)25-26(17(23)3)18-9-7-6-8-10-18/h6-13,15H,14H2,1-5H3,(H,24,27)/t15-/m0/s1. The molecule has 0 aliphatic carbocycles. The number of nitrogens with one attached hydrogen (secondary N) is 1. The normalized spacial score (nSPS) is 11.8. The summed E-state index contributed by atoms with van der Waals surface area (Å²) in [6, 6.07) is 15.3. The van der Waals surface area contributed by atoms with E-state index in [2.05, 4.69) is 10.4 Å². The molecule has 1 heterocycles. The SMILES string of the molecule is COc1ccc(OC)c([C@H](C)NC(=O)CSc2c(C)nn(-c3ccccc3)c2C)c1. The highest BCUT2D eigenvalue weighted by molar-refractivity contribution is 8.00. The van der Waals surface area contributed by atoms with Crippen molar-refractivity contribution in [1.29, 1.82) is 0 Å². The Morgan fingerprint density at radius 3 is 2.53 bits per heavy atom. The number of methoxy groups -OCH3 is 2. The molecule has 7 heteroatoms. The van der Waals surface area contributed by atoms with Crippen LogP contribution in [0.3, 0.4) is 0 Å². The van der Waals surface area contributed by atoms with E-state index in [4.69, 9.17) is 9.47 Å². The number of carbonyl (C=O) groups excluding carboxylic acids is 1. The lowest BCUT2D eigenvalue weighted by Gasteiger charge is -2.18. The molecule has 1 atom stereocenters. The van der Waals surface area contributed by atoms with E-state index in [9.17, 15) is 4.79 Å². The molecule has 0 aliphatic heterocycles. The number of rotatable bonds is 8. The van der Waals surface area contributed by atoms with Gasteiger partial charge in [-0.05, 0) is 51.1 Å². The van der Waals surface area contributed by atoms with E-state index in [-0.39, 0.29) is 11.9 Å². The molecule has 0 spiro atoms. The van der Waals surface area contributed by atoms with Crippen molar-refractivity contribution in [2.75, 3.05) is 20.0 Å². The second-order valence-electron chi connectivity index (χ2n) is 6.93. The molecule has 158 valence electrons. The maximum atomic E-state index is 12.6. The highest BCUT2D eigenvalue weighted by atomic mass is 32.2. The molecular formula is C23H27N3O3S. The molecule has 0 saturated heterocycles. The second-order valence-corrected chi connectivity index (χ2v) is 7.92. The molecule has 0 aliphatic rings. The van der Waals surface area contributed by atoms with Crippen molar-refractivity contribution >= 4 is 17.7 Å². The van der Waals surface area contributed by atoms with Crippen molar-refractivity contribution in [3.05, 3.63) is 65.5 Å². The van der Waals surface area contributed by atoms with Crippen molar-refractivity contribution in [2.45, 2.75) is 31.7 Å². The van der Waals surface area contributed by atoms with Gasteiger partial charge in [-0.1, -0.05) is 18.2 Å². The van der Waals surface area contributed by atoms with Gasteiger partial charge in [-0.2, -0.15) is 5.10 Å². The van der Waals surface area contributed by atoms with Gasteiger partial charge in [0, 0.05) is 5.56 Å². The van der Waals surface area contributed by atoms with E-state index in [0.29, 0.717) is 11.5 Å². The average Bonchev–Trinajstić information content (AvgIpc) is 3.05. The fraction of sp³-hybridized carbons (Fsp3) is 0.304. The van der Waals surface area contributed by atoms with Gasteiger partial charge in [0.2, 0.25) is 5.91 Å². The third-order valence-electron chi connectivity index (χ3n) is 4.85. The first-order valence-electron chi connectivity index (χ1n) is 9.70. The molecule has 0 unspecified atom stereocenters. The number of nitrogens with zero attached hydrogens (tertiary/aromatic N) is 2. The highest BCUT2D eigenvalue weighted by Gasteiger charge is 2.18. The van der Waals surface area contributed by atoms with Crippen molar-refractivity contribution in [2.24, 2.45) is 0 Å². The Bertz CT molecular complexity index is 1020. The van der Waals surface area contributed by atoms with E-state index in [1.807, 2.05) is 74.0 Å². The van der Waals surface area contributed by atoms with Crippen molar-refractivity contribution < 1.29 is 14.3 Å². The Hall–Kier alpha value is -2.93. The van der Waals surface area contributed by atoms with Gasteiger partial charge in [0.25, 0.3) is 0 Å². The monoisotopic (exact) mass is 425 g/mol. The summed E-state index contributed by atoms with van der Waals surface area (Å²) < 4.78 is 12.6. The Balaban J connectivity index is 1.68. The van der Waals surface area contributed by atoms with Crippen LogP contribution in [0.15, 0.2) is 53.4 Å². The molecular weight excluding hydrogens is 398 g/mol. The van der Waals surface area contributed by atoms with Crippen LogP contribution in [0.5, 0.6) is 11.5 Å². The van der Waals surface area contributed by atoms with E-state index in [0.717, 1.165) is 33.3 Å². The fourth-order valence-corrected chi connectivity index (χ4v) is 4.24. The first-order valence-corrected chi connectivity index (χ1v) is 10.7. The Labute approximate surface area is 181 Å². The van der Waals surface area contributed by atoms with Crippen LogP contribution in [0.1, 0.15) is 29.9 Å². The molecule has 0 saturated carbocycles. The number of carbonyl (C=O) groups is 1. The van der Waals surface area contributed by atoms with Crippen LogP contribution in [-0.2, 0) is 4.79 Å². The molecule has 3 aromatic rings. The van der Waals surface area contributed by atoms with E-state index >= 15 is 0 Å². The number of benzene rings is 2. The van der Waals surface area contributed by atoms with Gasteiger partial charge in [0.15, 0.2) is 0 Å². The third-order valence-corrected chi connectivity index (χ3v) is 6.14. The van der Waals surface area contributed by atoms with Crippen LogP contribution in [0.25, 0.3) is 5.69 Å². The van der Waals surface area contributed by atoms with Crippen molar-refractivity contribution in [3.8, 4) is 17.2 Å². The molecule has 1 N–H and O–H groups in total. The second kappa shape index (κ2) is 9.71. The number of para-hydroxylation sites is 1. The van der Waals surface area contributed by atoms with Crippen LogP contribution in [0.4, 0.5) is 0 Å². The first-order chi connectivity index (χ1) is 14.4. The molecule has 1 aromatic heterocycles. The lowest BCUT2D eigenvalue weighted by molar-refractivity contribution is -0.119. The zero-order valence-corrected chi connectivity index (χ0v) is 18.7. The minimum Gasteiger partial charge on any atom is -0.497 e. The van der Waals surface area contributed by atoms with Gasteiger partial charge in [0.05, 0.1) is 48.0 Å². The van der Waals surface area contributed by atoms with E-state index in [1.165, 1.54) is 11.8 Å². The number of ether oxygens (including phenoxy) is 2. The number of amides is 1. The van der Waals surface area contributed by atoms with Gasteiger partial charge in [-0.25, -0.2) is 4.68 Å². The molecule has 30 heavy (non-hydrogen) atoms. The summed E-state index contributed by atoms with van der Waals surface area (Å²) >= 11 is 1.50. The number of thioether (sulfide) groups is 1. The predicted molar refractivity (Wildman–Crippen MR) is 120 cm³/mol. The van der Waals surface area contributed by atoms with Crippen LogP contribution in [0.2, 0.25) is 0 Å². The minimum absolute atomic E-state index is 0.0522. The lowest BCUT2D eigenvalue weighted by Crippen LogP contribution is -2.28. The van der Waals surface area contributed by atoms with Gasteiger partial charge in [-0.3, -0.25) is 4.79 Å². The number of aromatic nitrogens is 2. The molecule has 2 aromatic carbocycles. The number of hydrogen-bond acceptors (Lipinski definition) is 5. The molecule has 0 fully saturated rings. The Kier molecular flexibility index (Phi) is 7.05. The summed E-state index contributed by atoms with van der Waals surface area (Å²) in [6.07, 6.45) is 0. The topological polar surface area (TPSA) is 65.4 Å². The maximum Gasteiger partial charge on any atom is 0.230 e. The lowest BCUT2D eigenvalue weighted by atomic mass is 10.1. The van der Waals surface area contributed by atoms with E-state index < -0.39 is 0 Å². The predicted octanol–water partition coefficient (Wildman–Crippen LogP) is 4.48. The van der Waals surface area contributed by atoms with Crippen LogP contribution in [-0.4, -0.2) is 35.7 Å². The summed E-state index contributed by atoms with van der Waals surface area (Å²) in [4.78, 5) is 13.7. The fourth-order valence-electron chi connectivity index (χ4n) is 3.33. The summed E-state index contributed by atoms with van der Waals surface area (Å²) in [5.41, 5.74) is 3.82. The van der Waals surface area contributed by atoms with Crippen molar-refractivity contribution in [1.82, 2.24) is 15.1 Å². The van der Waals surface area contributed by atoms with E-state index in [1.54, 1.807) is 14.2 Å². The minimum atomic E-state index is -0.211. The van der Waals surface area contributed by atoms with Gasteiger partial charge in [-0.15, -0.1) is 11.8 Å². The van der Waals surface area contributed by atoms with Gasteiger partial charge in [0.1, 0.15) is 11.5 Å². The highest BCUT2D eigenvalue weighted by Crippen LogP contribution is 2.30. The van der Waals surface area contributed by atoms with Crippen LogP contribution < -0.4 is 14.8 Å². The van der Waals surface area contributed by atoms with Crippen LogP contribution >= 0.6 is 11.8 Å². The quantitative estimate of drug-likeness (QED) is 0.539. The van der Waals surface area contributed by atoms with Crippen LogP contribution in [0, 0.1) is 13.8 Å². The van der Waals surface area contributed by atoms with Crippen molar-refractivity contribution in [3.63, 3.8) is 0 Å². The molecule has 0 radical (unpaired) electrons. The largest absolute Gasteiger partial charge is 0.497 e. The zero-order chi connectivity index (χ0) is 21.7. The third kappa shape index (κ3) is 4.79. The number of aryl methyl sites for hydroxylation is 1. The molecule has 6 nitrogen and oxygen atoms in total. The van der Waals surface area contributed by atoms with Gasteiger partial charge >= 0.3 is 0 Å². The summed E-state index contributed by atoms with van der Waals surface area (Å²) in [5.74, 6) is 1.69. The smallest absolute Gasteiger partial charge is 0.230 e. The molecule has 3 rings (SSSR count).